The highest BCUT2D eigenvalue weighted by Crippen LogP contribution is 1.94. The highest BCUT2D eigenvalue weighted by molar-refractivity contribution is 5.78. The van der Waals surface area contributed by atoms with Crippen molar-refractivity contribution in [1.82, 2.24) is 10.6 Å². The van der Waals surface area contributed by atoms with Gasteiger partial charge in [0, 0.05) is 12.6 Å². The Morgan fingerprint density at radius 2 is 2.36 bits per heavy atom. The van der Waals surface area contributed by atoms with Crippen LogP contribution >= 0.6 is 0 Å². The molecule has 0 aliphatic heterocycles. The van der Waals surface area contributed by atoms with E-state index in [1.54, 1.807) is 0 Å². The van der Waals surface area contributed by atoms with E-state index in [2.05, 4.69) is 16.6 Å². The van der Waals surface area contributed by atoms with Crippen molar-refractivity contribution in [2.45, 2.75) is 25.8 Å². The standard InChI is InChI=1S/C10H18N2O2/c1-3-6-11-8-10(14)12-9(2)5-4-7-13/h1,9,11,13H,4-8H2,2H3,(H,12,14). The van der Waals surface area contributed by atoms with Crippen LogP contribution in [0.2, 0.25) is 0 Å². The van der Waals surface area contributed by atoms with Gasteiger partial charge in [-0.05, 0) is 19.8 Å². The molecule has 0 heterocycles. The molecule has 0 aromatic carbocycles. The fraction of sp³-hybridized carbons (Fsp3) is 0.700. The van der Waals surface area contributed by atoms with Crippen molar-refractivity contribution >= 4 is 5.91 Å². The number of carbonyl (C=O) groups excluding carboxylic acids is 1. The lowest BCUT2D eigenvalue weighted by Gasteiger charge is -2.12. The maximum absolute atomic E-state index is 11.2. The predicted octanol–water partition coefficient (Wildman–Crippen LogP) is -0.514. The first kappa shape index (κ1) is 12.9. The SMILES string of the molecule is C#CCNCC(=O)NC(C)CCCO. The number of hydrogen-bond donors (Lipinski definition) is 3. The minimum Gasteiger partial charge on any atom is -0.396 e. The van der Waals surface area contributed by atoms with Crippen molar-refractivity contribution in [3.8, 4) is 12.3 Å². The van der Waals surface area contributed by atoms with Crippen molar-refractivity contribution in [3.05, 3.63) is 0 Å². The molecule has 0 spiro atoms. The minimum atomic E-state index is -0.0642. The number of terminal acetylenes is 1. The Kier molecular flexibility index (Phi) is 7.90. The first-order valence-electron chi connectivity index (χ1n) is 4.75. The van der Waals surface area contributed by atoms with Gasteiger partial charge in [-0.2, -0.15) is 0 Å². The number of aliphatic hydroxyl groups excluding tert-OH is 1. The van der Waals surface area contributed by atoms with Crippen molar-refractivity contribution in [2.75, 3.05) is 19.7 Å². The Morgan fingerprint density at radius 1 is 1.64 bits per heavy atom. The quantitative estimate of drug-likeness (QED) is 0.381. The van der Waals surface area contributed by atoms with E-state index < -0.39 is 0 Å². The summed E-state index contributed by atoms with van der Waals surface area (Å²) in [5.74, 6) is 2.32. The first-order chi connectivity index (χ1) is 6.70. The third kappa shape index (κ3) is 7.59. The second kappa shape index (κ2) is 8.54. The van der Waals surface area contributed by atoms with E-state index in [1.165, 1.54) is 0 Å². The molecule has 1 unspecified atom stereocenters. The number of carbonyl (C=O) groups is 1. The lowest BCUT2D eigenvalue weighted by molar-refractivity contribution is -0.120. The molecule has 1 atom stereocenters. The summed E-state index contributed by atoms with van der Waals surface area (Å²) in [5.41, 5.74) is 0. The number of amides is 1. The van der Waals surface area contributed by atoms with Crippen LogP contribution in [0.5, 0.6) is 0 Å². The van der Waals surface area contributed by atoms with Crippen molar-refractivity contribution in [3.63, 3.8) is 0 Å². The van der Waals surface area contributed by atoms with Gasteiger partial charge in [-0.1, -0.05) is 5.92 Å². The van der Waals surface area contributed by atoms with Crippen LogP contribution in [0.3, 0.4) is 0 Å². The van der Waals surface area contributed by atoms with Crippen LogP contribution in [-0.4, -0.2) is 36.8 Å². The molecular weight excluding hydrogens is 180 g/mol. The molecule has 4 heteroatoms. The molecule has 3 N–H and O–H groups in total. The Morgan fingerprint density at radius 3 is 2.93 bits per heavy atom. The topological polar surface area (TPSA) is 61.4 Å². The Labute approximate surface area is 85.1 Å². The van der Waals surface area contributed by atoms with E-state index in [0.29, 0.717) is 13.0 Å². The first-order valence-corrected chi connectivity index (χ1v) is 4.75. The molecule has 0 fully saturated rings. The van der Waals surface area contributed by atoms with Crippen LogP contribution in [0.25, 0.3) is 0 Å². The second-order valence-electron chi connectivity index (χ2n) is 3.14. The Balaban J connectivity index is 3.46. The molecule has 14 heavy (non-hydrogen) atoms. The zero-order chi connectivity index (χ0) is 10.8. The molecule has 0 radical (unpaired) electrons. The number of nitrogens with one attached hydrogen (secondary N) is 2. The maximum Gasteiger partial charge on any atom is 0.234 e. The average Bonchev–Trinajstić information content (AvgIpc) is 2.15. The summed E-state index contributed by atoms with van der Waals surface area (Å²) >= 11 is 0. The van der Waals surface area contributed by atoms with Gasteiger partial charge in [-0.3, -0.25) is 10.1 Å². The van der Waals surface area contributed by atoms with Gasteiger partial charge in [0.1, 0.15) is 0 Å². The van der Waals surface area contributed by atoms with E-state index in [4.69, 9.17) is 11.5 Å². The molecule has 0 aromatic rings. The number of rotatable bonds is 7. The molecule has 0 aromatic heterocycles. The van der Waals surface area contributed by atoms with E-state index in [1.807, 2.05) is 6.92 Å². The Hall–Kier alpha value is -1.05. The van der Waals surface area contributed by atoms with Gasteiger partial charge in [-0.15, -0.1) is 6.42 Å². The Bertz CT molecular complexity index is 199. The monoisotopic (exact) mass is 198 g/mol. The summed E-state index contributed by atoms with van der Waals surface area (Å²) in [7, 11) is 0. The summed E-state index contributed by atoms with van der Waals surface area (Å²) < 4.78 is 0. The largest absolute Gasteiger partial charge is 0.396 e. The van der Waals surface area contributed by atoms with Gasteiger partial charge in [0.2, 0.25) is 5.91 Å². The fourth-order valence-electron chi connectivity index (χ4n) is 1.04. The summed E-state index contributed by atoms with van der Waals surface area (Å²) in [6.45, 7) is 2.72. The summed E-state index contributed by atoms with van der Waals surface area (Å²) in [5, 5.41) is 14.2. The minimum absolute atomic E-state index is 0.0642. The van der Waals surface area contributed by atoms with Crippen molar-refractivity contribution < 1.29 is 9.90 Å². The van der Waals surface area contributed by atoms with Crippen molar-refractivity contribution in [2.24, 2.45) is 0 Å². The van der Waals surface area contributed by atoms with Gasteiger partial charge in [0.25, 0.3) is 0 Å². The molecule has 0 saturated carbocycles. The lowest BCUT2D eigenvalue weighted by Crippen LogP contribution is -2.39. The zero-order valence-electron chi connectivity index (χ0n) is 8.55. The molecule has 0 aliphatic carbocycles. The van der Waals surface area contributed by atoms with E-state index in [-0.39, 0.29) is 25.1 Å². The lowest BCUT2D eigenvalue weighted by atomic mass is 10.2. The highest BCUT2D eigenvalue weighted by atomic mass is 16.2. The van der Waals surface area contributed by atoms with Gasteiger partial charge in [0.15, 0.2) is 0 Å². The molecule has 0 rings (SSSR count). The van der Waals surface area contributed by atoms with E-state index in [9.17, 15) is 4.79 Å². The predicted molar refractivity (Wildman–Crippen MR) is 55.6 cm³/mol. The van der Waals surface area contributed by atoms with Crippen molar-refractivity contribution in [1.29, 1.82) is 0 Å². The molecule has 0 aliphatic rings. The fourth-order valence-corrected chi connectivity index (χ4v) is 1.04. The van der Waals surface area contributed by atoms with Crippen LogP contribution in [0.4, 0.5) is 0 Å². The van der Waals surface area contributed by atoms with Gasteiger partial charge < -0.3 is 10.4 Å². The van der Waals surface area contributed by atoms with Crippen LogP contribution in [0.15, 0.2) is 0 Å². The van der Waals surface area contributed by atoms with Gasteiger partial charge in [-0.25, -0.2) is 0 Å². The molecule has 1 amide bonds. The summed E-state index contributed by atoms with van der Waals surface area (Å²) in [6.07, 6.45) is 6.51. The normalized spacial score (nSPS) is 11.8. The molecule has 4 nitrogen and oxygen atoms in total. The molecule has 0 bridgehead atoms. The third-order valence-corrected chi connectivity index (χ3v) is 1.72. The molecule has 0 saturated heterocycles. The maximum atomic E-state index is 11.2. The van der Waals surface area contributed by atoms with Gasteiger partial charge >= 0.3 is 0 Å². The molecular formula is C10H18N2O2. The van der Waals surface area contributed by atoms with E-state index >= 15 is 0 Å². The van der Waals surface area contributed by atoms with Crippen LogP contribution in [0, 0.1) is 12.3 Å². The van der Waals surface area contributed by atoms with E-state index in [0.717, 1.165) is 6.42 Å². The summed E-state index contributed by atoms with van der Waals surface area (Å²) in [6, 6.07) is 0.0993. The van der Waals surface area contributed by atoms with Crippen LogP contribution < -0.4 is 10.6 Å². The van der Waals surface area contributed by atoms with Crippen LogP contribution in [0.1, 0.15) is 19.8 Å². The molecule has 80 valence electrons. The number of hydrogen-bond acceptors (Lipinski definition) is 3. The zero-order valence-corrected chi connectivity index (χ0v) is 8.55. The highest BCUT2D eigenvalue weighted by Gasteiger charge is 2.05. The summed E-state index contributed by atoms with van der Waals surface area (Å²) in [4.78, 5) is 11.2. The van der Waals surface area contributed by atoms with Crippen LogP contribution in [-0.2, 0) is 4.79 Å². The second-order valence-corrected chi connectivity index (χ2v) is 3.14. The third-order valence-electron chi connectivity index (χ3n) is 1.72. The smallest absolute Gasteiger partial charge is 0.234 e. The van der Waals surface area contributed by atoms with Gasteiger partial charge in [0.05, 0.1) is 13.1 Å². The average molecular weight is 198 g/mol. The number of aliphatic hydroxyl groups is 1.